The lowest BCUT2D eigenvalue weighted by Crippen LogP contribution is -2.38. The summed E-state index contributed by atoms with van der Waals surface area (Å²) in [6.07, 6.45) is 8.09. The Balaban J connectivity index is 2.42. The molecule has 4 heteroatoms. The molecule has 1 heterocycles. The number of hydrogen-bond donors (Lipinski definition) is 1. The van der Waals surface area contributed by atoms with Gasteiger partial charge in [-0.25, -0.2) is 4.79 Å². The second-order valence-electron chi connectivity index (χ2n) is 4.74. The van der Waals surface area contributed by atoms with Crippen LogP contribution in [0.15, 0.2) is 36.8 Å². The first-order valence-electron chi connectivity index (χ1n) is 6.74. The van der Waals surface area contributed by atoms with Gasteiger partial charge >= 0.3 is 6.03 Å². The van der Waals surface area contributed by atoms with Gasteiger partial charge in [-0.1, -0.05) is 19.9 Å². The molecule has 0 aliphatic heterocycles. The van der Waals surface area contributed by atoms with E-state index in [1.54, 1.807) is 23.5 Å². The Morgan fingerprint density at radius 2 is 2.11 bits per heavy atom. The molecule has 0 aliphatic rings. The molecule has 0 saturated heterocycles. The second kappa shape index (κ2) is 8.29. The average molecular weight is 261 g/mol. The van der Waals surface area contributed by atoms with Gasteiger partial charge in [0.05, 0.1) is 0 Å². The van der Waals surface area contributed by atoms with Gasteiger partial charge < -0.3 is 10.2 Å². The molecular formula is C15H23N3O. The molecule has 1 aromatic heterocycles. The highest BCUT2D eigenvalue weighted by atomic mass is 16.2. The average Bonchev–Trinajstić information content (AvgIpc) is 2.40. The maximum Gasteiger partial charge on any atom is 0.321 e. The molecule has 0 radical (unpaired) electrons. The lowest BCUT2D eigenvalue weighted by atomic mass is 10.2. The Bertz CT molecular complexity index is 401. The minimum absolute atomic E-state index is 0.0477. The molecule has 0 unspecified atom stereocenters. The molecule has 4 nitrogen and oxygen atoms in total. The van der Waals surface area contributed by atoms with Crippen molar-refractivity contribution in [1.29, 1.82) is 0 Å². The van der Waals surface area contributed by atoms with Crippen molar-refractivity contribution in [3.63, 3.8) is 0 Å². The van der Waals surface area contributed by atoms with Gasteiger partial charge in [0, 0.05) is 31.7 Å². The van der Waals surface area contributed by atoms with Gasteiger partial charge in [0.25, 0.3) is 0 Å². The fraction of sp³-hybridized carbons (Fsp3) is 0.467. The number of rotatable bonds is 6. The number of likely N-dealkylation sites (N-methyl/N-ethyl adjacent to an activating group) is 1. The Kier molecular flexibility index (Phi) is 6.64. The van der Waals surface area contributed by atoms with Gasteiger partial charge in [-0.2, -0.15) is 0 Å². The number of aromatic nitrogens is 1. The minimum Gasteiger partial charge on any atom is -0.324 e. The van der Waals surface area contributed by atoms with E-state index in [2.05, 4.69) is 24.1 Å². The first-order valence-corrected chi connectivity index (χ1v) is 6.74. The van der Waals surface area contributed by atoms with Crippen LogP contribution in [0.2, 0.25) is 0 Å². The quantitative estimate of drug-likeness (QED) is 0.856. The molecule has 0 aliphatic carbocycles. The van der Waals surface area contributed by atoms with E-state index < -0.39 is 0 Å². The largest absolute Gasteiger partial charge is 0.324 e. The van der Waals surface area contributed by atoms with Crippen LogP contribution in [-0.4, -0.2) is 29.0 Å². The molecule has 0 aromatic carbocycles. The fourth-order valence-corrected chi connectivity index (χ4v) is 1.62. The number of allylic oxidation sites excluding steroid dienone is 1. The number of hydrogen-bond acceptors (Lipinski definition) is 2. The maximum atomic E-state index is 11.9. The molecule has 0 fully saturated rings. The smallest absolute Gasteiger partial charge is 0.321 e. The highest BCUT2D eigenvalue weighted by Crippen LogP contribution is 2.00. The van der Waals surface area contributed by atoms with Crippen LogP contribution in [0.5, 0.6) is 0 Å². The molecule has 104 valence electrons. The summed E-state index contributed by atoms with van der Waals surface area (Å²) in [5, 5.41) is 2.80. The van der Waals surface area contributed by atoms with Gasteiger partial charge in [-0.05, 0) is 37.0 Å². The topological polar surface area (TPSA) is 45.2 Å². The summed E-state index contributed by atoms with van der Waals surface area (Å²) in [7, 11) is 0. The normalized spacial score (nSPS) is 10.9. The molecule has 0 atom stereocenters. The fourth-order valence-electron chi connectivity index (χ4n) is 1.62. The van der Waals surface area contributed by atoms with E-state index in [4.69, 9.17) is 0 Å². The molecule has 1 aromatic rings. The molecular weight excluding hydrogens is 238 g/mol. The number of carbonyl (C=O) groups excluding carboxylic acids is 1. The first kappa shape index (κ1) is 15.2. The van der Waals surface area contributed by atoms with Crippen LogP contribution < -0.4 is 5.32 Å². The monoisotopic (exact) mass is 261 g/mol. The predicted molar refractivity (Wildman–Crippen MR) is 77.7 cm³/mol. The summed E-state index contributed by atoms with van der Waals surface area (Å²) in [6.45, 7) is 7.54. The van der Waals surface area contributed by atoms with E-state index in [1.807, 2.05) is 25.1 Å². The van der Waals surface area contributed by atoms with Gasteiger partial charge in [0.1, 0.15) is 0 Å². The Morgan fingerprint density at radius 1 is 1.42 bits per heavy atom. The zero-order valence-electron chi connectivity index (χ0n) is 12.0. The van der Waals surface area contributed by atoms with Crippen molar-refractivity contribution in [2.45, 2.75) is 27.2 Å². The summed E-state index contributed by atoms with van der Waals surface area (Å²) < 4.78 is 0. The summed E-state index contributed by atoms with van der Waals surface area (Å²) in [5.41, 5.74) is 1.19. The van der Waals surface area contributed by atoms with E-state index in [0.29, 0.717) is 19.0 Å². The van der Waals surface area contributed by atoms with Crippen LogP contribution in [0.3, 0.4) is 0 Å². The van der Waals surface area contributed by atoms with Gasteiger partial charge in [0.2, 0.25) is 0 Å². The number of pyridine rings is 1. The summed E-state index contributed by atoms with van der Waals surface area (Å²) in [6, 6.07) is 3.91. The SMILES string of the molecule is CCN(CCc1ccncc1)C(=O)N/C=C/C(C)C. The molecule has 19 heavy (non-hydrogen) atoms. The number of carbonyl (C=O) groups is 1. The Hall–Kier alpha value is -1.84. The molecule has 1 N–H and O–H groups in total. The van der Waals surface area contributed by atoms with Crippen molar-refractivity contribution in [3.05, 3.63) is 42.4 Å². The number of amides is 2. The van der Waals surface area contributed by atoms with Crippen LogP contribution in [0.4, 0.5) is 4.79 Å². The summed E-state index contributed by atoms with van der Waals surface area (Å²) in [5.74, 6) is 0.437. The van der Waals surface area contributed by atoms with Crippen molar-refractivity contribution in [3.8, 4) is 0 Å². The van der Waals surface area contributed by atoms with E-state index in [9.17, 15) is 4.79 Å². The molecule has 0 bridgehead atoms. The summed E-state index contributed by atoms with van der Waals surface area (Å²) in [4.78, 5) is 17.7. The van der Waals surface area contributed by atoms with Gasteiger partial charge in [-0.3, -0.25) is 4.98 Å². The van der Waals surface area contributed by atoms with Crippen LogP contribution in [0.25, 0.3) is 0 Å². The highest BCUT2D eigenvalue weighted by Gasteiger charge is 2.09. The third-order valence-electron chi connectivity index (χ3n) is 2.78. The second-order valence-corrected chi connectivity index (χ2v) is 4.74. The van der Waals surface area contributed by atoms with E-state index in [0.717, 1.165) is 6.42 Å². The van der Waals surface area contributed by atoms with Gasteiger partial charge in [-0.15, -0.1) is 0 Å². The molecule has 2 amide bonds. The van der Waals surface area contributed by atoms with Crippen molar-refractivity contribution in [1.82, 2.24) is 15.2 Å². The van der Waals surface area contributed by atoms with Crippen LogP contribution in [0.1, 0.15) is 26.3 Å². The highest BCUT2D eigenvalue weighted by molar-refractivity contribution is 5.75. The maximum absolute atomic E-state index is 11.9. The van der Waals surface area contributed by atoms with Crippen LogP contribution >= 0.6 is 0 Å². The Morgan fingerprint density at radius 3 is 2.68 bits per heavy atom. The standard InChI is InChI=1S/C15H23N3O/c1-4-18(15(19)17-11-5-13(2)3)12-8-14-6-9-16-10-7-14/h5-7,9-11,13H,4,8,12H2,1-3H3,(H,17,19)/b11-5+. The van der Waals surface area contributed by atoms with Crippen molar-refractivity contribution in [2.75, 3.05) is 13.1 Å². The van der Waals surface area contributed by atoms with Crippen LogP contribution in [-0.2, 0) is 6.42 Å². The minimum atomic E-state index is -0.0477. The van der Waals surface area contributed by atoms with Crippen molar-refractivity contribution in [2.24, 2.45) is 5.92 Å². The zero-order valence-corrected chi connectivity index (χ0v) is 12.0. The molecule has 0 saturated carbocycles. The predicted octanol–water partition coefficient (Wildman–Crippen LogP) is 2.83. The number of urea groups is 1. The molecule has 0 spiro atoms. The number of nitrogens with one attached hydrogen (secondary N) is 1. The third kappa shape index (κ3) is 6.04. The van der Waals surface area contributed by atoms with Crippen molar-refractivity contribution >= 4 is 6.03 Å². The number of nitrogens with zero attached hydrogens (tertiary/aromatic N) is 2. The van der Waals surface area contributed by atoms with Crippen LogP contribution in [0, 0.1) is 5.92 Å². The lowest BCUT2D eigenvalue weighted by molar-refractivity contribution is 0.205. The first-order chi connectivity index (χ1) is 9.13. The van der Waals surface area contributed by atoms with Gasteiger partial charge in [0.15, 0.2) is 0 Å². The third-order valence-corrected chi connectivity index (χ3v) is 2.78. The molecule has 1 rings (SSSR count). The zero-order chi connectivity index (χ0) is 14.1. The van der Waals surface area contributed by atoms with E-state index in [-0.39, 0.29) is 6.03 Å². The van der Waals surface area contributed by atoms with E-state index >= 15 is 0 Å². The lowest BCUT2D eigenvalue weighted by Gasteiger charge is -2.20. The van der Waals surface area contributed by atoms with E-state index in [1.165, 1.54) is 5.56 Å². The van der Waals surface area contributed by atoms with Crippen molar-refractivity contribution < 1.29 is 4.79 Å². The Labute approximate surface area is 115 Å². The summed E-state index contributed by atoms with van der Waals surface area (Å²) >= 11 is 0.